The molecule has 0 saturated carbocycles. The van der Waals surface area contributed by atoms with Crippen LogP contribution in [0.4, 0.5) is 5.69 Å². The number of nitrogens with one attached hydrogen (secondary N) is 1. The third kappa shape index (κ3) is 3.77. The molecule has 0 spiro atoms. The van der Waals surface area contributed by atoms with Crippen LogP contribution in [0, 0.1) is 0 Å². The lowest BCUT2D eigenvalue weighted by molar-refractivity contribution is 0.746. The Kier molecular flexibility index (Phi) is 5.49. The van der Waals surface area contributed by atoms with Crippen molar-refractivity contribution < 1.29 is 0 Å². The fraction of sp³-hybridized carbons (Fsp3) is 0.333. The van der Waals surface area contributed by atoms with E-state index in [2.05, 4.69) is 55.6 Å². The largest absolute Gasteiger partial charge is 0.378 e. The lowest BCUT2D eigenvalue weighted by atomic mass is 10.0. The normalized spacial score (nSPS) is 12.2. The summed E-state index contributed by atoms with van der Waals surface area (Å²) in [4.78, 5) is 0. The fourth-order valence-corrected chi connectivity index (χ4v) is 2.58. The van der Waals surface area contributed by atoms with Gasteiger partial charge in [-0.15, -0.1) is 0 Å². The first-order valence-corrected chi connectivity index (χ1v) is 7.72. The predicted octanol–water partition coefficient (Wildman–Crippen LogP) is 5.86. The molecular weight excluding hydrogens is 266 g/mol. The number of halogens is 1. The van der Waals surface area contributed by atoms with Gasteiger partial charge in [0.2, 0.25) is 0 Å². The topological polar surface area (TPSA) is 12.0 Å². The van der Waals surface area contributed by atoms with Crippen LogP contribution in [0.25, 0.3) is 0 Å². The van der Waals surface area contributed by atoms with E-state index >= 15 is 0 Å². The van der Waals surface area contributed by atoms with Crippen molar-refractivity contribution in [2.24, 2.45) is 0 Å². The number of anilines is 1. The Labute approximate surface area is 127 Å². The molecule has 0 heterocycles. The molecule has 1 N–H and O–H groups in total. The zero-order chi connectivity index (χ0) is 14.4. The van der Waals surface area contributed by atoms with Crippen molar-refractivity contribution in [3.05, 3.63) is 64.7 Å². The second-order valence-corrected chi connectivity index (χ2v) is 5.50. The molecule has 0 aromatic heterocycles. The van der Waals surface area contributed by atoms with E-state index in [-0.39, 0.29) is 0 Å². The second kappa shape index (κ2) is 7.35. The number of hydrogen-bond donors (Lipinski definition) is 1. The first-order valence-electron chi connectivity index (χ1n) is 7.34. The molecule has 0 saturated heterocycles. The van der Waals surface area contributed by atoms with Crippen LogP contribution in [0.5, 0.6) is 0 Å². The van der Waals surface area contributed by atoms with Crippen LogP contribution < -0.4 is 5.32 Å². The van der Waals surface area contributed by atoms with Crippen molar-refractivity contribution in [3.8, 4) is 0 Å². The summed E-state index contributed by atoms with van der Waals surface area (Å²) in [5.41, 5.74) is 3.92. The molecule has 106 valence electrons. The van der Waals surface area contributed by atoms with E-state index in [0.29, 0.717) is 6.04 Å². The Morgan fingerprint density at radius 2 is 1.70 bits per heavy atom. The van der Waals surface area contributed by atoms with Crippen LogP contribution in [-0.2, 0) is 6.42 Å². The molecule has 1 unspecified atom stereocenters. The van der Waals surface area contributed by atoms with Gasteiger partial charge in [0, 0.05) is 10.7 Å². The molecule has 0 aliphatic rings. The number of aryl methyl sites for hydroxylation is 1. The summed E-state index contributed by atoms with van der Waals surface area (Å²) in [6, 6.07) is 17.0. The maximum absolute atomic E-state index is 5.97. The first kappa shape index (κ1) is 14.9. The minimum atomic E-state index is 0.324. The predicted molar refractivity (Wildman–Crippen MR) is 88.5 cm³/mol. The SMILES string of the molecule is CCCc1ccccc1NC(CC)c1ccc(Cl)cc1. The molecule has 2 heteroatoms. The second-order valence-electron chi connectivity index (χ2n) is 5.06. The summed E-state index contributed by atoms with van der Waals surface area (Å²) < 4.78 is 0. The van der Waals surface area contributed by atoms with Crippen LogP contribution in [0.1, 0.15) is 43.9 Å². The van der Waals surface area contributed by atoms with Gasteiger partial charge in [0.05, 0.1) is 6.04 Å². The maximum atomic E-state index is 5.97. The third-order valence-corrected chi connectivity index (χ3v) is 3.80. The van der Waals surface area contributed by atoms with E-state index < -0.39 is 0 Å². The third-order valence-electron chi connectivity index (χ3n) is 3.55. The van der Waals surface area contributed by atoms with Gasteiger partial charge in [-0.25, -0.2) is 0 Å². The lowest BCUT2D eigenvalue weighted by Crippen LogP contribution is -2.11. The lowest BCUT2D eigenvalue weighted by Gasteiger charge is -2.21. The molecule has 0 radical (unpaired) electrons. The molecule has 1 nitrogen and oxygen atoms in total. The molecule has 20 heavy (non-hydrogen) atoms. The van der Waals surface area contributed by atoms with Crippen molar-refractivity contribution in [3.63, 3.8) is 0 Å². The summed E-state index contributed by atoms with van der Waals surface area (Å²) in [5.74, 6) is 0. The van der Waals surface area contributed by atoms with Gasteiger partial charge in [0.15, 0.2) is 0 Å². The molecule has 0 bridgehead atoms. The van der Waals surface area contributed by atoms with Crippen molar-refractivity contribution in [1.82, 2.24) is 0 Å². The minimum absolute atomic E-state index is 0.324. The Balaban J connectivity index is 2.20. The molecular formula is C18H22ClN. The highest BCUT2D eigenvalue weighted by molar-refractivity contribution is 6.30. The fourth-order valence-electron chi connectivity index (χ4n) is 2.45. The van der Waals surface area contributed by atoms with Gasteiger partial charge in [-0.2, -0.15) is 0 Å². The van der Waals surface area contributed by atoms with Crippen LogP contribution >= 0.6 is 11.6 Å². The standard InChI is InChI=1S/C18H22ClN/c1-3-7-14-8-5-6-9-18(14)20-17(4-2)15-10-12-16(19)13-11-15/h5-6,8-13,17,20H,3-4,7H2,1-2H3. The maximum Gasteiger partial charge on any atom is 0.0511 e. The summed E-state index contributed by atoms with van der Waals surface area (Å²) in [5, 5.41) is 4.46. The van der Waals surface area contributed by atoms with E-state index in [1.165, 1.54) is 16.8 Å². The first-order chi connectivity index (χ1) is 9.74. The van der Waals surface area contributed by atoms with Crippen molar-refractivity contribution >= 4 is 17.3 Å². The number of hydrogen-bond acceptors (Lipinski definition) is 1. The molecule has 2 aromatic rings. The molecule has 2 aromatic carbocycles. The van der Waals surface area contributed by atoms with Crippen molar-refractivity contribution in [2.75, 3.05) is 5.32 Å². The summed E-state index contributed by atoms with van der Waals surface area (Å²) in [7, 11) is 0. The van der Waals surface area contributed by atoms with Crippen LogP contribution in [0.15, 0.2) is 48.5 Å². The smallest absolute Gasteiger partial charge is 0.0511 e. The number of para-hydroxylation sites is 1. The Morgan fingerprint density at radius 1 is 1.00 bits per heavy atom. The van der Waals surface area contributed by atoms with Gasteiger partial charge in [-0.3, -0.25) is 0 Å². The zero-order valence-electron chi connectivity index (χ0n) is 12.2. The molecule has 0 fully saturated rings. The van der Waals surface area contributed by atoms with Crippen molar-refractivity contribution in [2.45, 2.75) is 39.2 Å². The highest BCUT2D eigenvalue weighted by Gasteiger charge is 2.10. The highest BCUT2D eigenvalue weighted by Crippen LogP contribution is 2.26. The van der Waals surface area contributed by atoms with Gasteiger partial charge in [-0.05, 0) is 42.2 Å². The Morgan fingerprint density at radius 3 is 2.35 bits per heavy atom. The molecule has 0 aliphatic heterocycles. The minimum Gasteiger partial charge on any atom is -0.378 e. The van der Waals surface area contributed by atoms with Gasteiger partial charge in [0.1, 0.15) is 0 Å². The van der Waals surface area contributed by atoms with Crippen LogP contribution in [0.3, 0.4) is 0 Å². The van der Waals surface area contributed by atoms with E-state index in [9.17, 15) is 0 Å². The van der Waals surface area contributed by atoms with Gasteiger partial charge in [-0.1, -0.05) is 62.2 Å². The highest BCUT2D eigenvalue weighted by atomic mass is 35.5. The number of rotatable bonds is 6. The van der Waals surface area contributed by atoms with Crippen molar-refractivity contribution in [1.29, 1.82) is 0 Å². The van der Waals surface area contributed by atoms with Gasteiger partial charge < -0.3 is 5.32 Å². The molecule has 0 aliphatic carbocycles. The van der Waals surface area contributed by atoms with E-state index in [4.69, 9.17) is 11.6 Å². The monoisotopic (exact) mass is 287 g/mol. The van der Waals surface area contributed by atoms with E-state index in [0.717, 1.165) is 24.3 Å². The summed E-state index contributed by atoms with van der Waals surface area (Å²) in [6.07, 6.45) is 3.32. The quantitative estimate of drug-likeness (QED) is 0.702. The van der Waals surface area contributed by atoms with E-state index in [1.807, 2.05) is 12.1 Å². The van der Waals surface area contributed by atoms with Gasteiger partial charge in [0.25, 0.3) is 0 Å². The molecule has 1 atom stereocenters. The summed E-state index contributed by atoms with van der Waals surface area (Å²) >= 11 is 5.97. The Bertz CT molecular complexity index is 533. The number of benzene rings is 2. The zero-order valence-corrected chi connectivity index (χ0v) is 13.0. The summed E-state index contributed by atoms with van der Waals surface area (Å²) in [6.45, 7) is 4.42. The molecule has 2 rings (SSSR count). The van der Waals surface area contributed by atoms with E-state index in [1.54, 1.807) is 0 Å². The van der Waals surface area contributed by atoms with Gasteiger partial charge >= 0.3 is 0 Å². The molecule has 0 amide bonds. The van der Waals surface area contributed by atoms with Crippen LogP contribution in [0.2, 0.25) is 5.02 Å². The van der Waals surface area contributed by atoms with Crippen LogP contribution in [-0.4, -0.2) is 0 Å². The average molecular weight is 288 g/mol. The Hall–Kier alpha value is -1.47. The average Bonchev–Trinajstić information content (AvgIpc) is 2.48.